The Bertz CT molecular complexity index is 472. The summed E-state index contributed by atoms with van der Waals surface area (Å²) in [4.78, 5) is 0. The van der Waals surface area contributed by atoms with E-state index in [0.717, 1.165) is 37.5 Å². The van der Waals surface area contributed by atoms with Crippen molar-refractivity contribution >= 4 is 0 Å². The fourth-order valence-corrected chi connectivity index (χ4v) is 2.96. The van der Waals surface area contributed by atoms with Gasteiger partial charge in [-0.1, -0.05) is 24.1 Å². The van der Waals surface area contributed by atoms with Gasteiger partial charge in [0, 0.05) is 5.54 Å². The Labute approximate surface area is 116 Å². The van der Waals surface area contributed by atoms with Crippen molar-refractivity contribution in [3.05, 3.63) is 28.8 Å². The summed E-state index contributed by atoms with van der Waals surface area (Å²) in [6, 6.07) is 4.48. The maximum atomic E-state index is 6.29. The first kappa shape index (κ1) is 13.0. The molecule has 19 heavy (non-hydrogen) atoms. The third-order valence-corrected chi connectivity index (χ3v) is 4.62. The van der Waals surface area contributed by atoms with E-state index >= 15 is 0 Å². The molecule has 2 nitrogen and oxygen atoms in total. The van der Waals surface area contributed by atoms with E-state index in [2.05, 4.69) is 26.0 Å². The molecule has 2 aliphatic carbocycles. The summed E-state index contributed by atoms with van der Waals surface area (Å²) < 4.78 is 6.14. The van der Waals surface area contributed by atoms with Crippen LogP contribution in [0.5, 0.6) is 5.75 Å². The molecule has 0 saturated heterocycles. The van der Waals surface area contributed by atoms with Gasteiger partial charge < -0.3 is 10.5 Å². The lowest BCUT2D eigenvalue weighted by Crippen LogP contribution is -2.25. The van der Waals surface area contributed by atoms with E-state index in [1.807, 2.05) is 0 Å². The summed E-state index contributed by atoms with van der Waals surface area (Å²) in [6.45, 7) is 5.19. The van der Waals surface area contributed by atoms with E-state index in [-0.39, 0.29) is 5.54 Å². The van der Waals surface area contributed by atoms with Crippen LogP contribution in [0.4, 0.5) is 0 Å². The van der Waals surface area contributed by atoms with Gasteiger partial charge in [0.1, 0.15) is 5.75 Å². The van der Waals surface area contributed by atoms with Crippen LogP contribution >= 0.6 is 0 Å². The van der Waals surface area contributed by atoms with Gasteiger partial charge in [-0.3, -0.25) is 0 Å². The van der Waals surface area contributed by atoms with E-state index in [9.17, 15) is 0 Å². The Balaban J connectivity index is 1.78. The number of hydrogen-bond donors (Lipinski definition) is 1. The van der Waals surface area contributed by atoms with Gasteiger partial charge in [0.2, 0.25) is 0 Å². The summed E-state index contributed by atoms with van der Waals surface area (Å²) >= 11 is 0. The monoisotopic (exact) mass is 259 g/mol. The maximum absolute atomic E-state index is 6.29. The van der Waals surface area contributed by atoms with Crippen LogP contribution in [0.3, 0.4) is 0 Å². The average Bonchev–Trinajstić information content (AvgIpc) is 2.97. The standard InChI is InChI=1S/C17H25NO/c1-12-8-13(2)16(19-11-14-4-3-5-14)15(9-12)10-17(18)6-7-17/h8-9,14H,3-7,10-11,18H2,1-2H3. The lowest BCUT2D eigenvalue weighted by atomic mass is 9.86. The highest BCUT2D eigenvalue weighted by Crippen LogP contribution is 2.39. The van der Waals surface area contributed by atoms with Crippen molar-refractivity contribution in [1.82, 2.24) is 0 Å². The third-order valence-electron chi connectivity index (χ3n) is 4.62. The van der Waals surface area contributed by atoms with Crippen molar-refractivity contribution in [2.45, 2.75) is 57.9 Å². The summed E-state index contributed by atoms with van der Waals surface area (Å²) in [5.74, 6) is 1.88. The molecule has 1 aromatic rings. The van der Waals surface area contributed by atoms with Crippen LogP contribution in [0.1, 0.15) is 48.8 Å². The van der Waals surface area contributed by atoms with Crippen LogP contribution in [0.15, 0.2) is 12.1 Å². The maximum Gasteiger partial charge on any atom is 0.125 e. The molecule has 0 heterocycles. The minimum Gasteiger partial charge on any atom is -0.493 e. The molecule has 0 bridgehead atoms. The predicted octanol–water partition coefficient (Wildman–Crippen LogP) is 3.52. The van der Waals surface area contributed by atoms with E-state index in [1.165, 1.54) is 36.0 Å². The summed E-state index contributed by atoms with van der Waals surface area (Å²) in [7, 11) is 0. The van der Waals surface area contributed by atoms with Gasteiger partial charge in [0.15, 0.2) is 0 Å². The van der Waals surface area contributed by atoms with Crippen LogP contribution < -0.4 is 10.5 Å². The van der Waals surface area contributed by atoms with Crippen LogP contribution in [0.25, 0.3) is 0 Å². The number of nitrogens with two attached hydrogens (primary N) is 1. The second-order valence-corrected chi connectivity index (χ2v) is 6.72. The van der Waals surface area contributed by atoms with Gasteiger partial charge in [-0.25, -0.2) is 0 Å². The minimum absolute atomic E-state index is 0.0504. The zero-order valence-electron chi connectivity index (χ0n) is 12.2. The Hall–Kier alpha value is -1.02. The lowest BCUT2D eigenvalue weighted by Gasteiger charge is -2.26. The molecular weight excluding hydrogens is 234 g/mol. The molecule has 0 radical (unpaired) electrons. The quantitative estimate of drug-likeness (QED) is 0.878. The first-order chi connectivity index (χ1) is 9.06. The smallest absolute Gasteiger partial charge is 0.125 e. The number of aryl methyl sites for hydroxylation is 2. The highest BCUT2D eigenvalue weighted by Gasteiger charge is 2.39. The topological polar surface area (TPSA) is 35.2 Å². The zero-order valence-corrected chi connectivity index (χ0v) is 12.2. The first-order valence-electron chi connectivity index (χ1n) is 7.58. The van der Waals surface area contributed by atoms with Gasteiger partial charge in [-0.15, -0.1) is 0 Å². The molecule has 2 heteroatoms. The van der Waals surface area contributed by atoms with Crippen molar-refractivity contribution in [1.29, 1.82) is 0 Å². The van der Waals surface area contributed by atoms with Gasteiger partial charge in [-0.2, -0.15) is 0 Å². The molecule has 0 amide bonds. The molecule has 0 atom stereocenters. The summed E-state index contributed by atoms with van der Waals surface area (Å²) in [5.41, 5.74) is 10.2. The molecular formula is C17H25NO. The van der Waals surface area contributed by atoms with E-state index < -0.39 is 0 Å². The Morgan fingerprint density at radius 3 is 2.58 bits per heavy atom. The fourth-order valence-electron chi connectivity index (χ4n) is 2.96. The summed E-state index contributed by atoms with van der Waals surface area (Å²) in [5, 5.41) is 0. The Morgan fingerprint density at radius 1 is 1.26 bits per heavy atom. The molecule has 0 aromatic heterocycles. The number of hydrogen-bond acceptors (Lipinski definition) is 2. The molecule has 0 spiro atoms. The number of benzene rings is 1. The van der Waals surface area contributed by atoms with Crippen LogP contribution in [0, 0.1) is 19.8 Å². The van der Waals surface area contributed by atoms with Gasteiger partial charge in [0.25, 0.3) is 0 Å². The van der Waals surface area contributed by atoms with E-state index in [0.29, 0.717) is 0 Å². The molecule has 2 aliphatic rings. The highest BCUT2D eigenvalue weighted by molar-refractivity contribution is 5.45. The molecule has 2 saturated carbocycles. The van der Waals surface area contributed by atoms with E-state index in [1.54, 1.807) is 0 Å². The van der Waals surface area contributed by atoms with Crippen molar-refractivity contribution in [2.24, 2.45) is 11.7 Å². The predicted molar refractivity (Wildman–Crippen MR) is 78.6 cm³/mol. The minimum atomic E-state index is 0.0504. The molecule has 0 aliphatic heterocycles. The van der Waals surface area contributed by atoms with Crippen LogP contribution in [-0.4, -0.2) is 12.1 Å². The highest BCUT2D eigenvalue weighted by atomic mass is 16.5. The third kappa shape index (κ3) is 2.94. The Morgan fingerprint density at radius 2 is 2.00 bits per heavy atom. The zero-order chi connectivity index (χ0) is 13.5. The van der Waals surface area contributed by atoms with Crippen molar-refractivity contribution in [3.63, 3.8) is 0 Å². The van der Waals surface area contributed by atoms with Crippen LogP contribution in [0.2, 0.25) is 0 Å². The molecule has 2 N–H and O–H groups in total. The van der Waals surface area contributed by atoms with E-state index in [4.69, 9.17) is 10.5 Å². The second kappa shape index (κ2) is 4.82. The molecule has 3 rings (SSSR count). The molecule has 2 fully saturated rings. The average molecular weight is 259 g/mol. The number of ether oxygens (including phenoxy) is 1. The SMILES string of the molecule is Cc1cc(C)c(OCC2CCC2)c(CC2(N)CC2)c1. The fraction of sp³-hybridized carbons (Fsp3) is 0.647. The molecule has 104 valence electrons. The first-order valence-corrected chi connectivity index (χ1v) is 7.58. The van der Waals surface area contributed by atoms with Gasteiger partial charge in [-0.05, 0) is 63.0 Å². The van der Waals surface area contributed by atoms with Crippen LogP contribution in [-0.2, 0) is 6.42 Å². The van der Waals surface area contributed by atoms with Crippen molar-refractivity contribution in [3.8, 4) is 5.75 Å². The largest absolute Gasteiger partial charge is 0.493 e. The Kier molecular flexibility index (Phi) is 3.30. The summed E-state index contributed by atoms with van der Waals surface area (Å²) in [6.07, 6.45) is 7.32. The molecule has 0 unspecified atom stereocenters. The van der Waals surface area contributed by atoms with Gasteiger partial charge >= 0.3 is 0 Å². The second-order valence-electron chi connectivity index (χ2n) is 6.72. The normalized spacial score (nSPS) is 21.0. The van der Waals surface area contributed by atoms with Gasteiger partial charge in [0.05, 0.1) is 6.61 Å². The lowest BCUT2D eigenvalue weighted by molar-refractivity contribution is 0.178. The number of rotatable bonds is 5. The van der Waals surface area contributed by atoms with Crippen molar-refractivity contribution in [2.75, 3.05) is 6.61 Å². The van der Waals surface area contributed by atoms with Crippen molar-refractivity contribution < 1.29 is 4.74 Å². The molecule has 1 aromatic carbocycles.